The predicted molar refractivity (Wildman–Crippen MR) is 122 cm³/mol. The van der Waals surface area contributed by atoms with E-state index in [4.69, 9.17) is 9.47 Å². The molecule has 0 saturated carbocycles. The van der Waals surface area contributed by atoms with Crippen LogP contribution in [0.25, 0.3) is 5.76 Å². The number of halogens is 1. The fraction of sp³-hybridized carbons (Fsp3) is 0.240. The average molecular weight is 465 g/mol. The maximum Gasteiger partial charge on any atom is 0.295 e. The molecule has 1 atom stereocenters. The molecule has 0 spiro atoms. The number of aromatic nitrogens is 2. The van der Waals surface area contributed by atoms with E-state index < -0.39 is 23.5 Å². The SMILES string of the molecule is COc1ccc(OC)c([C@H]2/C(=C(\O)c3ccc(F)cc3)C(=O)C(=O)N2CCCn2ccnc2)c1. The molecule has 1 amide bonds. The number of ether oxygens (including phenoxy) is 2. The van der Waals surface area contributed by atoms with Crippen molar-refractivity contribution in [1.82, 2.24) is 14.5 Å². The molecule has 0 unspecified atom stereocenters. The summed E-state index contributed by atoms with van der Waals surface area (Å²) < 4.78 is 26.2. The molecule has 0 aliphatic carbocycles. The van der Waals surface area contributed by atoms with Crippen LogP contribution >= 0.6 is 0 Å². The minimum atomic E-state index is -0.919. The van der Waals surface area contributed by atoms with E-state index in [9.17, 15) is 19.1 Å². The first-order valence-electron chi connectivity index (χ1n) is 10.7. The fourth-order valence-corrected chi connectivity index (χ4v) is 4.09. The van der Waals surface area contributed by atoms with Crippen LogP contribution in [0.15, 0.2) is 66.8 Å². The first kappa shape index (κ1) is 23.0. The summed E-state index contributed by atoms with van der Waals surface area (Å²) in [5.74, 6) is -1.49. The van der Waals surface area contributed by atoms with E-state index in [1.807, 2.05) is 10.8 Å². The molecule has 9 heteroatoms. The topological polar surface area (TPSA) is 93.9 Å². The molecule has 3 aromatic rings. The summed E-state index contributed by atoms with van der Waals surface area (Å²) in [7, 11) is 2.99. The normalized spacial score (nSPS) is 17.3. The number of Topliss-reactive ketones (excluding diaryl/α,β-unsaturated/α-hetero) is 1. The molecule has 1 aliphatic heterocycles. The molecule has 0 bridgehead atoms. The Kier molecular flexibility index (Phi) is 6.62. The van der Waals surface area contributed by atoms with Gasteiger partial charge in [0, 0.05) is 36.6 Å². The van der Waals surface area contributed by atoms with E-state index >= 15 is 0 Å². The van der Waals surface area contributed by atoms with Crippen molar-refractivity contribution in [2.45, 2.75) is 19.0 Å². The van der Waals surface area contributed by atoms with Crippen LogP contribution in [0.1, 0.15) is 23.6 Å². The number of likely N-dealkylation sites (tertiary alicyclic amines) is 1. The lowest BCUT2D eigenvalue weighted by Crippen LogP contribution is -2.31. The highest BCUT2D eigenvalue weighted by Gasteiger charge is 2.47. The van der Waals surface area contributed by atoms with E-state index in [1.165, 1.54) is 43.4 Å². The number of rotatable bonds is 8. The number of imidazole rings is 1. The second-order valence-corrected chi connectivity index (χ2v) is 7.76. The predicted octanol–water partition coefficient (Wildman–Crippen LogP) is 3.55. The minimum Gasteiger partial charge on any atom is -0.507 e. The van der Waals surface area contributed by atoms with Crippen LogP contribution in [0.4, 0.5) is 4.39 Å². The molecule has 0 radical (unpaired) electrons. The van der Waals surface area contributed by atoms with Crippen LogP contribution < -0.4 is 9.47 Å². The molecule has 4 rings (SSSR count). The summed E-state index contributed by atoms with van der Waals surface area (Å²) in [5.41, 5.74) is 0.628. The van der Waals surface area contributed by atoms with Gasteiger partial charge >= 0.3 is 0 Å². The average Bonchev–Trinajstić information content (AvgIpc) is 3.46. The lowest BCUT2D eigenvalue weighted by atomic mass is 9.94. The van der Waals surface area contributed by atoms with Gasteiger partial charge in [-0.1, -0.05) is 0 Å². The smallest absolute Gasteiger partial charge is 0.295 e. The summed E-state index contributed by atoms with van der Waals surface area (Å²) >= 11 is 0. The Morgan fingerprint density at radius 3 is 2.50 bits per heavy atom. The van der Waals surface area contributed by atoms with Crippen molar-refractivity contribution < 1.29 is 28.6 Å². The van der Waals surface area contributed by atoms with Crippen LogP contribution in [-0.2, 0) is 16.1 Å². The Morgan fingerprint density at radius 2 is 1.85 bits per heavy atom. The number of hydrogen-bond donors (Lipinski definition) is 1. The van der Waals surface area contributed by atoms with Gasteiger partial charge in [-0.25, -0.2) is 9.37 Å². The van der Waals surface area contributed by atoms with Gasteiger partial charge in [0.15, 0.2) is 0 Å². The van der Waals surface area contributed by atoms with Gasteiger partial charge in [0.05, 0.1) is 32.2 Å². The first-order chi connectivity index (χ1) is 16.4. The molecular formula is C25H24FN3O5. The maximum atomic E-state index is 13.4. The third-order valence-electron chi connectivity index (χ3n) is 5.76. The highest BCUT2D eigenvalue weighted by molar-refractivity contribution is 6.46. The Bertz CT molecular complexity index is 1220. The fourth-order valence-electron chi connectivity index (χ4n) is 4.09. The summed E-state index contributed by atoms with van der Waals surface area (Å²) in [6, 6.07) is 9.21. The maximum absolute atomic E-state index is 13.4. The van der Waals surface area contributed by atoms with Gasteiger partial charge in [-0.3, -0.25) is 9.59 Å². The standard InChI is InChI=1S/C25H24FN3O5/c1-33-18-8-9-20(34-2)19(14-18)22-21(23(30)16-4-6-17(26)7-5-16)24(31)25(32)29(22)12-3-11-28-13-10-27-15-28/h4-10,13-15,22,30H,3,11-12H2,1-2H3/b23-21+/t22-/m0/s1. The number of hydrogen-bond acceptors (Lipinski definition) is 6. The van der Waals surface area contributed by atoms with Gasteiger partial charge in [0.2, 0.25) is 0 Å². The van der Waals surface area contributed by atoms with E-state index in [0.717, 1.165) is 0 Å². The number of benzene rings is 2. The monoisotopic (exact) mass is 465 g/mol. The number of carbonyl (C=O) groups excluding carboxylic acids is 2. The highest BCUT2D eigenvalue weighted by Crippen LogP contribution is 2.43. The molecule has 1 saturated heterocycles. The van der Waals surface area contributed by atoms with Crippen LogP contribution in [0.2, 0.25) is 0 Å². The third kappa shape index (κ3) is 4.36. The lowest BCUT2D eigenvalue weighted by Gasteiger charge is -2.27. The molecule has 1 aliphatic rings. The van der Waals surface area contributed by atoms with Gasteiger partial charge < -0.3 is 24.0 Å². The number of ketones is 1. The van der Waals surface area contributed by atoms with Crippen molar-refractivity contribution in [3.63, 3.8) is 0 Å². The first-order valence-corrected chi connectivity index (χ1v) is 10.7. The van der Waals surface area contributed by atoms with Gasteiger partial charge in [0.1, 0.15) is 23.1 Å². The zero-order valence-corrected chi connectivity index (χ0v) is 18.8. The zero-order valence-electron chi connectivity index (χ0n) is 18.8. The molecule has 8 nitrogen and oxygen atoms in total. The minimum absolute atomic E-state index is 0.0919. The quantitative estimate of drug-likeness (QED) is 0.311. The van der Waals surface area contributed by atoms with Crippen LogP contribution in [0, 0.1) is 5.82 Å². The Hall–Kier alpha value is -4.14. The lowest BCUT2D eigenvalue weighted by molar-refractivity contribution is -0.140. The number of carbonyl (C=O) groups is 2. The number of aliphatic hydroxyl groups excluding tert-OH is 1. The molecule has 2 aromatic carbocycles. The Labute approximate surface area is 195 Å². The Morgan fingerprint density at radius 1 is 1.09 bits per heavy atom. The summed E-state index contributed by atoms with van der Waals surface area (Å²) in [5, 5.41) is 11.1. The summed E-state index contributed by atoms with van der Waals surface area (Å²) in [4.78, 5) is 31.7. The summed E-state index contributed by atoms with van der Waals surface area (Å²) in [6.45, 7) is 0.830. The van der Waals surface area contributed by atoms with Crippen molar-refractivity contribution in [2.75, 3.05) is 20.8 Å². The number of nitrogens with zero attached hydrogens (tertiary/aromatic N) is 3. The van der Waals surface area contributed by atoms with E-state index in [-0.39, 0.29) is 23.4 Å². The van der Waals surface area contributed by atoms with E-state index in [1.54, 1.807) is 30.7 Å². The van der Waals surface area contributed by atoms with Crippen molar-refractivity contribution >= 4 is 17.4 Å². The summed E-state index contributed by atoms with van der Waals surface area (Å²) in [6.07, 6.45) is 5.69. The largest absolute Gasteiger partial charge is 0.507 e. The van der Waals surface area contributed by atoms with E-state index in [0.29, 0.717) is 30.0 Å². The Balaban J connectivity index is 1.81. The van der Waals surface area contributed by atoms with Gasteiger partial charge in [-0.15, -0.1) is 0 Å². The van der Waals surface area contributed by atoms with Crippen LogP contribution in [-0.4, -0.2) is 52.0 Å². The molecule has 34 heavy (non-hydrogen) atoms. The number of methoxy groups -OCH3 is 2. The second-order valence-electron chi connectivity index (χ2n) is 7.76. The van der Waals surface area contributed by atoms with Crippen LogP contribution in [0.5, 0.6) is 11.5 Å². The van der Waals surface area contributed by atoms with Crippen molar-refractivity contribution in [2.24, 2.45) is 0 Å². The van der Waals surface area contributed by atoms with Crippen LogP contribution in [0.3, 0.4) is 0 Å². The van der Waals surface area contributed by atoms with Crippen molar-refractivity contribution in [1.29, 1.82) is 0 Å². The molecule has 176 valence electrons. The van der Waals surface area contributed by atoms with Gasteiger partial charge in [-0.05, 0) is 48.9 Å². The number of aliphatic hydroxyl groups is 1. The second kappa shape index (κ2) is 9.78. The highest BCUT2D eigenvalue weighted by atomic mass is 19.1. The molecular weight excluding hydrogens is 441 g/mol. The van der Waals surface area contributed by atoms with E-state index in [2.05, 4.69) is 4.98 Å². The molecule has 2 heterocycles. The number of aryl methyl sites for hydroxylation is 1. The van der Waals surface area contributed by atoms with Crippen molar-refractivity contribution in [3.05, 3.63) is 83.7 Å². The third-order valence-corrected chi connectivity index (χ3v) is 5.76. The zero-order chi connectivity index (χ0) is 24.2. The number of amides is 1. The molecule has 1 N–H and O–H groups in total. The molecule has 1 fully saturated rings. The molecule has 1 aromatic heterocycles. The van der Waals surface area contributed by atoms with Gasteiger partial charge in [0.25, 0.3) is 11.7 Å². The van der Waals surface area contributed by atoms with Crippen molar-refractivity contribution in [3.8, 4) is 11.5 Å². The van der Waals surface area contributed by atoms with Gasteiger partial charge in [-0.2, -0.15) is 0 Å².